The highest BCUT2D eigenvalue weighted by Gasteiger charge is 2.50. The molecular formula is C28H26ClFN4O3. The summed E-state index contributed by atoms with van der Waals surface area (Å²) >= 11 is 6.17. The minimum atomic E-state index is -0.920. The Bertz CT molecular complexity index is 1380. The van der Waals surface area contributed by atoms with E-state index in [4.69, 9.17) is 16.3 Å². The van der Waals surface area contributed by atoms with Crippen LogP contribution in [0.1, 0.15) is 35.3 Å². The molecule has 0 unspecified atom stereocenters. The summed E-state index contributed by atoms with van der Waals surface area (Å²) in [5.41, 5.74) is 1.98. The third-order valence-electron chi connectivity index (χ3n) is 7.34. The van der Waals surface area contributed by atoms with E-state index in [-0.39, 0.29) is 23.8 Å². The Morgan fingerprint density at radius 1 is 1.03 bits per heavy atom. The molecule has 2 fully saturated rings. The summed E-state index contributed by atoms with van der Waals surface area (Å²) < 4.78 is 19.6. The highest BCUT2D eigenvalue weighted by atomic mass is 35.5. The van der Waals surface area contributed by atoms with Crippen molar-refractivity contribution in [1.82, 2.24) is 10.2 Å². The number of halogens is 2. The molecule has 3 aliphatic rings. The Balaban J connectivity index is 1.20. The quantitative estimate of drug-likeness (QED) is 0.515. The first-order chi connectivity index (χ1) is 17.8. The van der Waals surface area contributed by atoms with Crippen molar-refractivity contribution < 1.29 is 18.7 Å². The molecule has 1 N–H and O–H groups in total. The lowest BCUT2D eigenvalue weighted by molar-refractivity contribution is 0.0378. The molecule has 0 saturated carbocycles. The number of anilines is 2. The third kappa shape index (κ3) is 4.25. The van der Waals surface area contributed by atoms with Gasteiger partial charge in [0, 0.05) is 54.4 Å². The third-order valence-corrected chi connectivity index (χ3v) is 7.58. The molecule has 0 aromatic heterocycles. The van der Waals surface area contributed by atoms with Crippen LogP contribution in [0.5, 0.6) is 5.75 Å². The first kappa shape index (κ1) is 23.6. The van der Waals surface area contributed by atoms with Gasteiger partial charge in [-0.2, -0.15) is 0 Å². The zero-order valence-corrected chi connectivity index (χ0v) is 21.0. The molecule has 3 heterocycles. The number of piperazine rings is 1. The van der Waals surface area contributed by atoms with Crippen LogP contribution < -0.4 is 19.9 Å². The fourth-order valence-corrected chi connectivity index (χ4v) is 5.70. The van der Waals surface area contributed by atoms with E-state index in [1.54, 1.807) is 41.3 Å². The van der Waals surface area contributed by atoms with Gasteiger partial charge in [-0.1, -0.05) is 17.7 Å². The van der Waals surface area contributed by atoms with Gasteiger partial charge in [0.2, 0.25) is 0 Å². The van der Waals surface area contributed by atoms with E-state index in [1.165, 1.54) is 12.1 Å². The van der Waals surface area contributed by atoms with Crippen LogP contribution in [0.2, 0.25) is 5.02 Å². The number of carbonyl (C=O) groups excluding carboxylic acids is 2. The summed E-state index contributed by atoms with van der Waals surface area (Å²) in [5.74, 6) is 0.321. The van der Waals surface area contributed by atoms with Crippen LogP contribution in [-0.4, -0.2) is 48.7 Å². The molecule has 3 aromatic rings. The highest BCUT2D eigenvalue weighted by molar-refractivity contribution is 6.30. The monoisotopic (exact) mass is 520 g/mol. The van der Waals surface area contributed by atoms with E-state index in [9.17, 15) is 14.0 Å². The van der Waals surface area contributed by atoms with Crippen molar-refractivity contribution in [2.24, 2.45) is 0 Å². The minimum absolute atomic E-state index is 0.0920. The SMILES string of the molecule is C[C@@]12C[C@@H](NC(=O)N1c1cccc(C(=O)N3CCN(c4ccc(F)cc4)CC3)c1)c1cc(Cl)ccc1O2. The molecule has 0 aliphatic carbocycles. The smallest absolute Gasteiger partial charge is 0.325 e. The molecular weight excluding hydrogens is 495 g/mol. The number of hydrogen-bond donors (Lipinski definition) is 1. The summed E-state index contributed by atoms with van der Waals surface area (Å²) in [7, 11) is 0. The number of nitrogens with one attached hydrogen (secondary N) is 1. The molecule has 190 valence electrons. The van der Waals surface area contributed by atoms with E-state index in [0.717, 1.165) is 11.3 Å². The Kier molecular flexibility index (Phi) is 5.71. The molecule has 3 aromatic carbocycles. The molecule has 0 radical (unpaired) electrons. The first-order valence-corrected chi connectivity index (χ1v) is 12.7. The number of ether oxygens (including phenoxy) is 1. The summed E-state index contributed by atoms with van der Waals surface area (Å²) in [4.78, 5) is 32.2. The van der Waals surface area contributed by atoms with Crippen LogP contribution in [0.15, 0.2) is 66.7 Å². The maximum absolute atomic E-state index is 13.4. The second-order valence-corrected chi connectivity index (χ2v) is 10.2. The van der Waals surface area contributed by atoms with Gasteiger partial charge >= 0.3 is 6.03 Å². The number of amides is 3. The normalized spacial score (nSPS) is 22.7. The summed E-state index contributed by atoms with van der Waals surface area (Å²) in [5, 5.41) is 3.66. The van der Waals surface area contributed by atoms with Crippen LogP contribution in [0.25, 0.3) is 0 Å². The Morgan fingerprint density at radius 3 is 2.54 bits per heavy atom. The van der Waals surface area contributed by atoms with Crippen LogP contribution in [0, 0.1) is 5.82 Å². The predicted octanol–water partition coefficient (Wildman–Crippen LogP) is 5.21. The molecule has 2 atom stereocenters. The van der Waals surface area contributed by atoms with Crippen molar-refractivity contribution in [3.8, 4) is 5.75 Å². The fourth-order valence-electron chi connectivity index (χ4n) is 5.52. The number of urea groups is 1. The van der Waals surface area contributed by atoms with Gasteiger partial charge in [0.15, 0.2) is 5.72 Å². The van der Waals surface area contributed by atoms with Gasteiger partial charge in [-0.05, 0) is 67.6 Å². The predicted molar refractivity (Wildman–Crippen MR) is 140 cm³/mol. The summed E-state index contributed by atoms with van der Waals surface area (Å²) in [6.07, 6.45) is 0.537. The van der Waals surface area contributed by atoms with Crippen molar-refractivity contribution in [3.05, 3.63) is 88.7 Å². The van der Waals surface area contributed by atoms with Crippen molar-refractivity contribution in [2.45, 2.75) is 25.1 Å². The van der Waals surface area contributed by atoms with Crippen molar-refractivity contribution in [2.75, 3.05) is 36.0 Å². The van der Waals surface area contributed by atoms with Crippen LogP contribution in [-0.2, 0) is 0 Å². The van der Waals surface area contributed by atoms with Gasteiger partial charge in [0.1, 0.15) is 11.6 Å². The van der Waals surface area contributed by atoms with Gasteiger partial charge in [-0.3, -0.25) is 9.69 Å². The summed E-state index contributed by atoms with van der Waals surface area (Å²) in [6, 6.07) is 18.4. The summed E-state index contributed by atoms with van der Waals surface area (Å²) in [6.45, 7) is 4.29. The van der Waals surface area contributed by atoms with E-state index < -0.39 is 5.72 Å². The van der Waals surface area contributed by atoms with E-state index in [0.29, 0.717) is 54.6 Å². The average Bonchev–Trinajstić information content (AvgIpc) is 2.89. The van der Waals surface area contributed by atoms with E-state index in [2.05, 4.69) is 10.2 Å². The lowest BCUT2D eigenvalue weighted by atomic mass is 9.90. The maximum atomic E-state index is 13.4. The van der Waals surface area contributed by atoms with Crippen molar-refractivity contribution in [3.63, 3.8) is 0 Å². The van der Waals surface area contributed by atoms with Crippen molar-refractivity contribution in [1.29, 1.82) is 0 Å². The van der Waals surface area contributed by atoms with Crippen molar-refractivity contribution >= 4 is 34.9 Å². The van der Waals surface area contributed by atoms with Crippen LogP contribution >= 0.6 is 11.6 Å². The molecule has 6 rings (SSSR count). The maximum Gasteiger partial charge on any atom is 0.325 e. The van der Waals surface area contributed by atoms with E-state index >= 15 is 0 Å². The molecule has 0 spiro atoms. The Hall–Kier alpha value is -3.78. The van der Waals surface area contributed by atoms with Gasteiger partial charge < -0.3 is 19.9 Å². The number of hydrogen-bond acceptors (Lipinski definition) is 4. The molecule has 37 heavy (non-hydrogen) atoms. The Morgan fingerprint density at radius 2 is 1.78 bits per heavy atom. The Labute approximate surface area is 219 Å². The van der Waals surface area contributed by atoms with Gasteiger partial charge in [-0.15, -0.1) is 0 Å². The molecule has 3 aliphatic heterocycles. The van der Waals surface area contributed by atoms with E-state index in [1.807, 2.05) is 30.0 Å². The lowest BCUT2D eigenvalue weighted by Gasteiger charge is -2.50. The largest absolute Gasteiger partial charge is 0.467 e. The highest BCUT2D eigenvalue weighted by Crippen LogP contribution is 2.46. The number of fused-ring (bicyclic) bond motifs is 4. The zero-order chi connectivity index (χ0) is 25.7. The van der Waals surface area contributed by atoms with Crippen LogP contribution in [0.3, 0.4) is 0 Å². The second-order valence-electron chi connectivity index (χ2n) is 9.81. The van der Waals surface area contributed by atoms with Crippen LogP contribution in [0.4, 0.5) is 20.6 Å². The zero-order valence-electron chi connectivity index (χ0n) is 20.3. The molecule has 3 amide bonds. The second kappa shape index (κ2) is 8.95. The van der Waals surface area contributed by atoms with Gasteiger partial charge in [0.05, 0.1) is 11.7 Å². The lowest BCUT2D eigenvalue weighted by Crippen LogP contribution is -2.65. The molecule has 2 bridgehead atoms. The number of rotatable bonds is 3. The van der Waals surface area contributed by atoms with Gasteiger partial charge in [-0.25, -0.2) is 9.18 Å². The standard InChI is InChI=1S/C28H26ClFN4O3/c1-28-17-24(23-16-19(29)5-10-25(23)37-28)31-27(36)34(28)22-4-2-3-18(15-22)26(35)33-13-11-32(12-14-33)21-8-6-20(30)7-9-21/h2-10,15-16,24H,11-14,17H2,1H3,(H,31,36)/t24-,28-/m1/s1. The topological polar surface area (TPSA) is 65.1 Å². The molecule has 9 heteroatoms. The molecule has 7 nitrogen and oxygen atoms in total. The first-order valence-electron chi connectivity index (χ1n) is 12.3. The number of carbonyl (C=O) groups is 2. The number of nitrogens with zero attached hydrogens (tertiary/aromatic N) is 3. The average molecular weight is 521 g/mol. The van der Waals surface area contributed by atoms with Gasteiger partial charge in [0.25, 0.3) is 5.91 Å². The molecule has 2 saturated heterocycles. The minimum Gasteiger partial charge on any atom is -0.467 e. The number of benzene rings is 3. The fraction of sp³-hybridized carbons (Fsp3) is 0.286.